The SMILES string of the molecule is C[C@@H](NCc1ncc(-c2ccc(Cl)cc2)o1)c1cccc(Cl)c1. The molecule has 0 radical (unpaired) electrons. The van der Waals surface area contributed by atoms with Crippen molar-refractivity contribution >= 4 is 23.2 Å². The molecule has 0 saturated carbocycles. The van der Waals surface area contributed by atoms with Gasteiger partial charge in [-0.2, -0.15) is 0 Å². The third-order valence-corrected chi connectivity index (χ3v) is 4.08. The fourth-order valence-electron chi connectivity index (χ4n) is 2.27. The first-order chi connectivity index (χ1) is 11.1. The van der Waals surface area contributed by atoms with Crippen molar-refractivity contribution in [3.63, 3.8) is 0 Å². The number of rotatable bonds is 5. The number of hydrogen-bond donors (Lipinski definition) is 1. The maximum Gasteiger partial charge on any atom is 0.208 e. The van der Waals surface area contributed by atoms with Crippen molar-refractivity contribution in [3.05, 3.63) is 76.2 Å². The smallest absolute Gasteiger partial charge is 0.208 e. The Bertz CT molecular complexity index is 784. The van der Waals surface area contributed by atoms with E-state index in [1.165, 1.54) is 0 Å². The lowest BCUT2D eigenvalue weighted by Crippen LogP contribution is -2.18. The van der Waals surface area contributed by atoms with Crippen LogP contribution in [0.5, 0.6) is 0 Å². The zero-order chi connectivity index (χ0) is 16.2. The van der Waals surface area contributed by atoms with Crippen LogP contribution in [-0.2, 0) is 6.54 Å². The van der Waals surface area contributed by atoms with E-state index < -0.39 is 0 Å². The molecule has 0 aliphatic rings. The summed E-state index contributed by atoms with van der Waals surface area (Å²) in [5, 5.41) is 4.81. The van der Waals surface area contributed by atoms with Crippen LogP contribution in [0.2, 0.25) is 10.0 Å². The molecule has 1 atom stereocenters. The highest BCUT2D eigenvalue weighted by Crippen LogP contribution is 2.23. The van der Waals surface area contributed by atoms with Crippen molar-refractivity contribution < 1.29 is 4.42 Å². The minimum absolute atomic E-state index is 0.152. The molecule has 118 valence electrons. The quantitative estimate of drug-likeness (QED) is 0.662. The van der Waals surface area contributed by atoms with Gasteiger partial charge in [-0.05, 0) is 48.9 Å². The predicted molar refractivity (Wildman–Crippen MR) is 93.7 cm³/mol. The number of benzene rings is 2. The molecular formula is C18H16Cl2N2O. The molecule has 0 bridgehead atoms. The third kappa shape index (κ3) is 4.14. The molecular weight excluding hydrogens is 331 g/mol. The van der Waals surface area contributed by atoms with Crippen molar-refractivity contribution in [2.75, 3.05) is 0 Å². The van der Waals surface area contributed by atoms with E-state index in [4.69, 9.17) is 27.6 Å². The van der Waals surface area contributed by atoms with E-state index in [-0.39, 0.29) is 6.04 Å². The Labute approximate surface area is 145 Å². The fraction of sp³-hybridized carbons (Fsp3) is 0.167. The van der Waals surface area contributed by atoms with Gasteiger partial charge < -0.3 is 9.73 Å². The van der Waals surface area contributed by atoms with E-state index in [1.807, 2.05) is 48.5 Å². The standard InChI is InChI=1S/C18H16Cl2N2O/c1-12(14-3-2-4-16(20)9-14)21-11-18-22-10-17(23-18)13-5-7-15(19)8-6-13/h2-10,12,21H,11H2,1H3/t12-/m1/s1. The van der Waals surface area contributed by atoms with Crippen LogP contribution in [0, 0.1) is 0 Å². The number of halogens is 2. The van der Waals surface area contributed by atoms with Crippen LogP contribution in [-0.4, -0.2) is 4.98 Å². The van der Waals surface area contributed by atoms with Gasteiger partial charge in [0.2, 0.25) is 5.89 Å². The van der Waals surface area contributed by atoms with Gasteiger partial charge in [0.1, 0.15) is 0 Å². The van der Waals surface area contributed by atoms with Gasteiger partial charge >= 0.3 is 0 Å². The van der Waals surface area contributed by atoms with Crippen molar-refractivity contribution in [2.24, 2.45) is 0 Å². The summed E-state index contributed by atoms with van der Waals surface area (Å²) in [6.45, 7) is 2.62. The molecule has 0 saturated heterocycles. The van der Waals surface area contributed by atoms with E-state index >= 15 is 0 Å². The maximum atomic E-state index is 6.02. The van der Waals surface area contributed by atoms with Gasteiger partial charge in [-0.25, -0.2) is 4.98 Å². The second-order valence-corrected chi connectivity index (χ2v) is 6.16. The summed E-state index contributed by atoms with van der Waals surface area (Å²) in [5.74, 6) is 1.37. The molecule has 3 rings (SSSR count). The molecule has 0 aliphatic carbocycles. The highest BCUT2D eigenvalue weighted by Gasteiger charge is 2.09. The maximum absolute atomic E-state index is 6.02. The van der Waals surface area contributed by atoms with E-state index in [0.29, 0.717) is 17.5 Å². The van der Waals surface area contributed by atoms with Crippen molar-refractivity contribution in [1.82, 2.24) is 10.3 Å². The number of aromatic nitrogens is 1. The number of oxazole rings is 1. The molecule has 3 aromatic rings. The van der Waals surface area contributed by atoms with Crippen molar-refractivity contribution in [3.8, 4) is 11.3 Å². The Hall–Kier alpha value is -1.81. The zero-order valence-corrected chi connectivity index (χ0v) is 14.1. The highest BCUT2D eigenvalue weighted by molar-refractivity contribution is 6.30. The monoisotopic (exact) mass is 346 g/mol. The summed E-state index contributed by atoms with van der Waals surface area (Å²) < 4.78 is 5.78. The van der Waals surface area contributed by atoms with E-state index in [1.54, 1.807) is 6.20 Å². The van der Waals surface area contributed by atoms with Gasteiger partial charge in [-0.1, -0.05) is 35.3 Å². The lowest BCUT2D eigenvalue weighted by atomic mass is 10.1. The molecule has 3 nitrogen and oxygen atoms in total. The van der Waals surface area contributed by atoms with Crippen LogP contribution in [0.4, 0.5) is 0 Å². The normalized spacial score (nSPS) is 12.3. The average Bonchev–Trinajstić information content (AvgIpc) is 3.02. The first-order valence-electron chi connectivity index (χ1n) is 7.31. The van der Waals surface area contributed by atoms with Crippen LogP contribution in [0.1, 0.15) is 24.4 Å². The van der Waals surface area contributed by atoms with Gasteiger partial charge in [0.05, 0.1) is 12.7 Å². The molecule has 1 heterocycles. The molecule has 23 heavy (non-hydrogen) atoms. The van der Waals surface area contributed by atoms with E-state index in [9.17, 15) is 0 Å². The molecule has 0 unspecified atom stereocenters. The van der Waals surface area contributed by atoms with Gasteiger partial charge in [-0.15, -0.1) is 0 Å². The van der Waals surface area contributed by atoms with Gasteiger partial charge in [-0.3, -0.25) is 0 Å². The van der Waals surface area contributed by atoms with Crippen molar-refractivity contribution in [2.45, 2.75) is 19.5 Å². The summed E-state index contributed by atoms with van der Waals surface area (Å²) in [6, 6.07) is 15.4. The molecule has 0 amide bonds. The molecule has 0 spiro atoms. The van der Waals surface area contributed by atoms with Crippen LogP contribution < -0.4 is 5.32 Å². The Kier molecular flexibility index (Phi) is 5.01. The second kappa shape index (κ2) is 7.18. The lowest BCUT2D eigenvalue weighted by molar-refractivity contribution is 0.454. The van der Waals surface area contributed by atoms with Gasteiger partial charge in [0.15, 0.2) is 5.76 Å². The first kappa shape index (κ1) is 16.1. The molecule has 2 aromatic carbocycles. The van der Waals surface area contributed by atoms with Crippen LogP contribution in [0.3, 0.4) is 0 Å². The van der Waals surface area contributed by atoms with Crippen LogP contribution in [0.15, 0.2) is 59.1 Å². The number of nitrogens with one attached hydrogen (secondary N) is 1. The molecule has 0 fully saturated rings. The van der Waals surface area contributed by atoms with Gasteiger partial charge in [0, 0.05) is 21.7 Å². The summed E-state index contributed by atoms with van der Waals surface area (Å²) in [4.78, 5) is 4.31. The zero-order valence-electron chi connectivity index (χ0n) is 12.6. The summed E-state index contributed by atoms with van der Waals surface area (Å²) >= 11 is 11.9. The predicted octanol–water partition coefficient (Wildman–Crippen LogP) is 5.50. The van der Waals surface area contributed by atoms with E-state index in [2.05, 4.69) is 17.2 Å². The summed E-state index contributed by atoms with van der Waals surface area (Å²) in [5.41, 5.74) is 2.08. The molecule has 1 N–H and O–H groups in total. The van der Waals surface area contributed by atoms with Gasteiger partial charge in [0.25, 0.3) is 0 Å². The Morgan fingerprint density at radius 1 is 1.09 bits per heavy atom. The molecule has 5 heteroatoms. The third-order valence-electron chi connectivity index (χ3n) is 3.59. The van der Waals surface area contributed by atoms with E-state index in [0.717, 1.165) is 21.9 Å². The summed E-state index contributed by atoms with van der Waals surface area (Å²) in [6.07, 6.45) is 1.73. The average molecular weight is 347 g/mol. The number of nitrogens with zero attached hydrogens (tertiary/aromatic N) is 1. The van der Waals surface area contributed by atoms with Crippen LogP contribution >= 0.6 is 23.2 Å². The highest BCUT2D eigenvalue weighted by atomic mass is 35.5. The van der Waals surface area contributed by atoms with Crippen LogP contribution in [0.25, 0.3) is 11.3 Å². The molecule has 0 aliphatic heterocycles. The minimum atomic E-state index is 0.152. The Morgan fingerprint density at radius 2 is 1.87 bits per heavy atom. The lowest BCUT2D eigenvalue weighted by Gasteiger charge is -2.13. The molecule has 1 aromatic heterocycles. The Morgan fingerprint density at radius 3 is 2.61 bits per heavy atom. The second-order valence-electron chi connectivity index (χ2n) is 5.28. The minimum Gasteiger partial charge on any atom is -0.439 e. The van der Waals surface area contributed by atoms with Crippen molar-refractivity contribution in [1.29, 1.82) is 0 Å². The largest absolute Gasteiger partial charge is 0.439 e. The first-order valence-corrected chi connectivity index (χ1v) is 8.07. The fourth-order valence-corrected chi connectivity index (χ4v) is 2.60. The summed E-state index contributed by atoms with van der Waals surface area (Å²) in [7, 11) is 0. The Balaban J connectivity index is 1.64. The number of hydrogen-bond acceptors (Lipinski definition) is 3. The topological polar surface area (TPSA) is 38.1 Å².